The van der Waals surface area contributed by atoms with E-state index in [0.29, 0.717) is 13.0 Å². The molecule has 1 aliphatic heterocycles. The van der Waals surface area contributed by atoms with Crippen molar-refractivity contribution in [3.63, 3.8) is 0 Å². The zero-order valence-electron chi connectivity index (χ0n) is 14.3. The molecule has 1 aromatic carbocycles. The standard InChI is InChI=1S/C18H22ClIN4O/c1-14-17(20)12-21-24(14)7-6-18(25)23-10-8-22(9-11-23)13-15-2-4-16(19)5-3-15/h2-5,12H,6-11,13H2,1H3. The Morgan fingerprint density at radius 3 is 2.48 bits per heavy atom. The van der Waals surface area contributed by atoms with Gasteiger partial charge in [0, 0.05) is 56.4 Å². The van der Waals surface area contributed by atoms with Gasteiger partial charge in [-0.3, -0.25) is 14.4 Å². The molecule has 25 heavy (non-hydrogen) atoms. The van der Waals surface area contributed by atoms with Crippen LogP contribution < -0.4 is 0 Å². The minimum absolute atomic E-state index is 0.219. The maximum Gasteiger partial charge on any atom is 0.224 e. The Bertz CT molecular complexity index is 723. The van der Waals surface area contributed by atoms with Crippen LogP contribution in [0.5, 0.6) is 0 Å². The highest BCUT2D eigenvalue weighted by Crippen LogP contribution is 2.14. The number of benzene rings is 1. The summed E-state index contributed by atoms with van der Waals surface area (Å²) in [6.45, 7) is 7.00. The molecule has 2 aromatic rings. The molecule has 1 aliphatic rings. The Hall–Kier alpha value is -1.12. The lowest BCUT2D eigenvalue weighted by Gasteiger charge is -2.34. The molecule has 7 heteroatoms. The van der Waals surface area contributed by atoms with E-state index >= 15 is 0 Å². The summed E-state index contributed by atoms with van der Waals surface area (Å²) in [6, 6.07) is 7.98. The molecular weight excluding hydrogens is 451 g/mol. The largest absolute Gasteiger partial charge is 0.340 e. The van der Waals surface area contributed by atoms with Gasteiger partial charge in [0.05, 0.1) is 9.77 Å². The van der Waals surface area contributed by atoms with E-state index in [1.54, 1.807) is 0 Å². The van der Waals surface area contributed by atoms with Crippen molar-refractivity contribution in [2.45, 2.75) is 26.4 Å². The van der Waals surface area contributed by atoms with Gasteiger partial charge in [0.15, 0.2) is 0 Å². The van der Waals surface area contributed by atoms with Crippen molar-refractivity contribution in [1.82, 2.24) is 19.6 Å². The van der Waals surface area contributed by atoms with Gasteiger partial charge in [-0.2, -0.15) is 5.10 Å². The van der Waals surface area contributed by atoms with E-state index in [4.69, 9.17) is 11.6 Å². The van der Waals surface area contributed by atoms with Crippen LogP contribution in [-0.2, 0) is 17.9 Å². The lowest BCUT2D eigenvalue weighted by Crippen LogP contribution is -2.48. The molecular formula is C18H22ClIN4O. The van der Waals surface area contributed by atoms with Crippen LogP contribution >= 0.6 is 34.2 Å². The lowest BCUT2D eigenvalue weighted by atomic mass is 10.2. The number of halogens is 2. The van der Waals surface area contributed by atoms with Crippen LogP contribution in [0.15, 0.2) is 30.5 Å². The van der Waals surface area contributed by atoms with Gasteiger partial charge in [0.1, 0.15) is 0 Å². The van der Waals surface area contributed by atoms with E-state index in [2.05, 4.69) is 44.7 Å². The van der Waals surface area contributed by atoms with Gasteiger partial charge >= 0.3 is 0 Å². The Morgan fingerprint density at radius 2 is 1.88 bits per heavy atom. The number of carbonyl (C=O) groups excluding carboxylic acids is 1. The summed E-state index contributed by atoms with van der Waals surface area (Å²) >= 11 is 8.20. The van der Waals surface area contributed by atoms with E-state index in [1.165, 1.54) is 5.56 Å². The average molecular weight is 473 g/mol. The predicted octanol–water partition coefficient (Wildman–Crippen LogP) is 3.18. The maximum absolute atomic E-state index is 12.4. The molecule has 1 aromatic heterocycles. The van der Waals surface area contributed by atoms with Crippen molar-refractivity contribution in [2.75, 3.05) is 26.2 Å². The first-order valence-corrected chi connectivity index (χ1v) is 9.91. The molecule has 1 saturated heterocycles. The number of amides is 1. The predicted molar refractivity (Wildman–Crippen MR) is 108 cm³/mol. The van der Waals surface area contributed by atoms with E-state index in [1.807, 2.05) is 34.8 Å². The fourth-order valence-corrected chi connectivity index (χ4v) is 3.54. The molecule has 0 saturated carbocycles. The van der Waals surface area contributed by atoms with Crippen molar-refractivity contribution < 1.29 is 4.79 Å². The molecule has 0 bridgehead atoms. The monoisotopic (exact) mass is 472 g/mol. The van der Waals surface area contributed by atoms with Gasteiger partial charge in [-0.25, -0.2) is 0 Å². The molecule has 2 heterocycles. The van der Waals surface area contributed by atoms with Crippen LogP contribution in [0.4, 0.5) is 0 Å². The summed E-state index contributed by atoms with van der Waals surface area (Å²) in [5.41, 5.74) is 2.38. The zero-order chi connectivity index (χ0) is 17.8. The van der Waals surface area contributed by atoms with Crippen LogP contribution in [0.3, 0.4) is 0 Å². The maximum atomic E-state index is 12.4. The van der Waals surface area contributed by atoms with Crippen LogP contribution in [0, 0.1) is 10.5 Å². The summed E-state index contributed by atoms with van der Waals surface area (Å²) in [5, 5.41) is 5.08. The Morgan fingerprint density at radius 1 is 1.20 bits per heavy atom. The summed E-state index contributed by atoms with van der Waals surface area (Å²) in [4.78, 5) is 16.8. The van der Waals surface area contributed by atoms with Gasteiger partial charge in [-0.1, -0.05) is 23.7 Å². The van der Waals surface area contributed by atoms with Gasteiger partial charge in [-0.05, 0) is 47.2 Å². The molecule has 5 nitrogen and oxygen atoms in total. The number of hydrogen-bond donors (Lipinski definition) is 0. The molecule has 0 spiro atoms. The highest BCUT2D eigenvalue weighted by Gasteiger charge is 2.21. The molecule has 0 aliphatic carbocycles. The third kappa shape index (κ3) is 4.95. The molecule has 0 N–H and O–H groups in total. The van der Waals surface area contributed by atoms with Gasteiger partial charge < -0.3 is 4.90 Å². The molecule has 134 valence electrons. The Labute approximate surface area is 167 Å². The number of aryl methyl sites for hydroxylation is 1. The fourth-order valence-electron chi connectivity index (χ4n) is 3.01. The number of hydrogen-bond acceptors (Lipinski definition) is 3. The second-order valence-electron chi connectivity index (χ2n) is 6.33. The minimum Gasteiger partial charge on any atom is -0.340 e. The highest BCUT2D eigenvalue weighted by atomic mass is 127. The second kappa shape index (κ2) is 8.51. The van der Waals surface area contributed by atoms with Crippen molar-refractivity contribution in [2.24, 2.45) is 0 Å². The van der Waals surface area contributed by atoms with Crippen molar-refractivity contribution in [3.8, 4) is 0 Å². The summed E-state index contributed by atoms with van der Waals surface area (Å²) < 4.78 is 3.05. The second-order valence-corrected chi connectivity index (χ2v) is 7.93. The normalized spacial score (nSPS) is 15.6. The fraction of sp³-hybridized carbons (Fsp3) is 0.444. The van der Waals surface area contributed by atoms with Gasteiger partial charge in [-0.15, -0.1) is 0 Å². The smallest absolute Gasteiger partial charge is 0.224 e. The Balaban J connectivity index is 1.44. The summed E-state index contributed by atoms with van der Waals surface area (Å²) in [5.74, 6) is 0.219. The molecule has 0 unspecified atom stereocenters. The first-order valence-electron chi connectivity index (χ1n) is 8.45. The van der Waals surface area contributed by atoms with Gasteiger partial charge in [0.25, 0.3) is 0 Å². The number of rotatable bonds is 5. The molecule has 0 atom stereocenters. The molecule has 1 fully saturated rings. The quantitative estimate of drug-likeness (QED) is 0.628. The van der Waals surface area contributed by atoms with Crippen molar-refractivity contribution in [3.05, 3.63) is 50.3 Å². The number of nitrogens with zero attached hydrogens (tertiary/aromatic N) is 4. The van der Waals surface area contributed by atoms with E-state index in [0.717, 1.165) is 47.0 Å². The minimum atomic E-state index is 0.219. The first kappa shape index (κ1) is 18.7. The van der Waals surface area contributed by atoms with E-state index in [-0.39, 0.29) is 5.91 Å². The molecule has 0 radical (unpaired) electrons. The summed E-state index contributed by atoms with van der Waals surface area (Å²) in [7, 11) is 0. The summed E-state index contributed by atoms with van der Waals surface area (Å²) in [6.07, 6.45) is 2.35. The lowest BCUT2D eigenvalue weighted by molar-refractivity contribution is -0.133. The van der Waals surface area contributed by atoms with E-state index < -0.39 is 0 Å². The van der Waals surface area contributed by atoms with Gasteiger partial charge in [0.2, 0.25) is 5.91 Å². The SMILES string of the molecule is Cc1c(I)cnn1CCC(=O)N1CCN(Cc2ccc(Cl)cc2)CC1. The molecule has 1 amide bonds. The molecule has 3 rings (SSSR count). The van der Waals surface area contributed by atoms with Crippen LogP contribution in [-0.4, -0.2) is 51.7 Å². The first-order chi connectivity index (χ1) is 12.0. The number of piperazine rings is 1. The van der Waals surface area contributed by atoms with E-state index in [9.17, 15) is 4.79 Å². The van der Waals surface area contributed by atoms with Crippen LogP contribution in [0.2, 0.25) is 5.02 Å². The number of aromatic nitrogens is 2. The van der Waals surface area contributed by atoms with Crippen LogP contribution in [0.25, 0.3) is 0 Å². The third-order valence-corrected chi connectivity index (χ3v) is 5.94. The average Bonchev–Trinajstić information content (AvgIpc) is 2.94. The number of carbonyl (C=O) groups is 1. The van der Waals surface area contributed by atoms with Crippen LogP contribution in [0.1, 0.15) is 17.7 Å². The van der Waals surface area contributed by atoms with Crippen molar-refractivity contribution in [1.29, 1.82) is 0 Å². The Kier molecular flexibility index (Phi) is 6.35. The van der Waals surface area contributed by atoms with Crippen molar-refractivity contribution >= 4 is 40.1 Å². The topological polar surface area (TPSA) is 41.4 Å². The third-order valence-electron chi connectivity index (χ3n) is 4.63. The zero-order valence-corrected chi connectivity index (χ0v) is 17.2. The highest BCUT2D eigenvalue weighted by molar-refractivity contribution is 14.1.